The van der Waals surface area contributed by atoms with Gasteiger partial charge in [-0.05, 0) is 62.1 Å². The highest BCUT2D eigenvalue weighted by Gasteiger charge is 2.34. The van der Waals surface area contributed by atoms with E-state index in [9.17, 15) is 22.4 Å². The van der Waals surface area contributed by atoms with Crippen molar-refractivity contribution < 1.29 is 22.4 Å². The van der Waals surface area contributed by atoms with Gasteiger partial charge in [0.1, 0.15) is 18.4 Å². The van der Waals surface area contributed by atoms with E-state index in [4.69, 9.17) is 0 Å². The van der Waals surface area contributed by atoms with Gasteiger partial charge >= 0.3 is 10.2 Å². The van der Waals surface area contributed by atoms with E-state index in [0.717, 1.165) is 38.3 Å². The first-order valence-electron chi connectivity index (χ1n) is 12.0. The Balaban J connectivity index is 2.51. The van der Waals surface area contributed by atoms with Crippen LogP contribution in [-0.4, -0.2) is 62.2 Å². The number of hydrogen-bond donors (Lipinski definition) is 1. The summed E-state index contributed by atoms with van der Waals surface area (Å²) in [6.45, 7) is 7.15. The lowest BCUT2D eigenvalue weighted by molar-refractivity contribution is -0.140. The molecule has 2 atom stereocenters. The summed E-state index contributed by atoms with van der Waals surface area (Å²) in [7, 11) is -1.38. The van der Waals surface area contributed by atoms with Crippen LogP contribution in [0.3, 0.4) is 0 Å². The van der Waals surface area contributed by atoms with E-state index >= 15 is 0 Å². The number of halogens is 1. The molecule has 36 heavy (non-hydrogen) atoms. The van der Waals surface area contributed by atoms with Crippen molar-refractivity contribution >= 4 is 27.7 Å². The number of anilines is 1. The SMILES string of the molecule is CC[C@H](C(=O)N[C@@H](C)CC)N(Cc1ccccc1C)C(=O)CN(c1ccc(F)cc1)S(=O)(=O)N(C)C. The van der Waals surface area contributed by atoms with Crippen molar-refractivity contribution in [3.8, 4) is 0 Å². The van der Waals surface area contributed by atoms with E-state index in [2.05, 4.69) is 5.32 Å². The molecule has 1 N–H and O–H groups in total. The minimum Gasteiger partial charge on any atom is -0.352 e. The molecule has 2 rings (SSSR count). The molecule has 10 heteroatoms. The van der Waals surface area contributed by atoms with Crippen LogP contribution >= 0.6 is 0 Å². The number of carbonyl (C=O) groups is 2. The van der Waals surface area contributed by atoms with E-state index in [1.807, 2.05) is 52.0 Å². The first-order chi connectivity index (χ1) is 16.9. The summed E-state index contributed by atoms with van der Waals surface area (Å²) in [5, 5.41) is 2.94. The van der Waals surface area contributed by atoms with E-state index in [-0.39, 0.29) is 24.2 Å². The Bertz CT molecular complexity index is 1140. The van der Waals surface area contributed by atoms with Crippen LogP contribution in [0.4, 0.5) is 10.1 Å². The highest BCUT2D eigenvalue weighted by atomic mass is 32.2. The second kappa shape index (κ2) is 12.8. The van der Waals surface area contributed by atoms with Gasteiger partial charge in [-0.3, -0.25) is 9.59 Å². The summed E-state index contributed by atoms with van der Waals surface area (Å²) in [4.78, 5) is 28.4. The van der Waals surface area contributed by atoms with Gasteiger partial charge in [0.2, 0.25) is 11.8 Å². The molecule has 2 aromatic rings. The van der Waals surface area contributed by atoms with Crippen LogP contribution in [0.5, 0.6) is 0 Å². The normalized spacial score (nSPS) is 13.2. The van der Waals surface area contributed by atoms with Crippen LogP contribution < -0.4 is 9.62 Å². The van der Waals surface area contributed by atoms with Crippen LogP contribution in [0.15, 0.2) is 48.5 Å². The molecule has 2 aromatic carbocycles. The van der Waals surface area contributed by atoms with Gasteiger partial charge in [0.15, 0.2) is 0 Å². The smallest absolute Gasteiger partial charge is 0.304 e. The maximum absolute atomic E-state index is 13.8. The second-order valence-electron chi connectivity index (χ2n) is 8.96. The maximum atomic E-state index is 13.8. The quantitative estimate of drug-likeness (QED) is 0.464. The molecule has 0 saturated carbocycles. The van der Waals surface area contributed by atoms with Crippen LogP contribution in [0.2, 0.25) is 0 Å². The topological polar surface area (TPSA) is 90.0 Å². The molecule has 0 aliphatic heterocycles. The third-order valence-electron chi connectivity index (χ3n) is 6.12. The molecule has 0 bridgehead atoms. The molecule has 2 amide bonds. The first kappa shape index (κ1) is 29.3. The second-order valence-corrected chi connectivity index (χ2v) is 11.0. The number of rotatable bonds is 12. The molecular weight excluding hydrogens is 483 g/mol. The number of amides is 2. The Morgan fingerprint density at radius 1 is 1.00 bits per heavy atom. The molecule has 8 nitrogen and oxygen atoms in total. The summed E-state index contributed by atoms with van der Waals surface area (Å²) in [6, 6.07) is 11.5. The van der Waals surface area contributed by atoms with Crippen LogP contribution in [0.1, 0.15) is 44.7 Å². The fourth-order valence-electron chi connectivity index (χ4n) is 3.66. The third-order valence-corrected chi connectivity index (χ3v) is 7.94. The monoisotopic (exact) mass is 520 g/mol. The van der Waals surface area contributed by atoms with Crippen molar-refractivity contribution in [2.75, 3.05) is 24.9 Å². The summed E-state index contributed by atoms with van der Waals surface area (Å²) in [5.41, 5.74) is 1.94. The molecule has 0 saturated heterocycles. The minimum absolute atomic E-state index is 0.0770. The summed E-state index contributed by atoms with van der Waals surface area (Å²) < 4.78 is 41.8. The Kier molecular flexibility index (Phi) is 10.4. The van der Waals surface area contributed by atoms with E-state index in [1.54, 1.807) is 0 Å². The lowest BCUT2D eigenvalue weighted by atomic mass is 10.1. The number of aryl methyl sites for hydroxylation is 1. The van der Waals surface area contributed by atoms with E-state index < -0.39 is 34.5 Å². The molecule has 0 heterocycles. The summed E-state index contributed by atoms with van der Waals surface area (Å²) in [6.07, 6.45) is 1.07. The van der Waals surface area contributed by atoms with Crippen molar-refractivity contribution in [3.05, 3.63) is 65.5 Å². The van der Waals surface area contributed by atoms with Crippen LogP contribution in [-0.2, 0) is 26.3 Å². The largest absolute Gasteiger partial charge is 0.352 e. The number of nitrogens with one attached hydrogen (secondary N) is 1. The van der Waals surface area contributed by atoms with Gasteiger partial charge in [-0.15, -0.1) is 0 Å². The van der Waals surface area contributed by atoms with Gasteiger partial charge in [-0.2, -0.15) is 12.7 Å². The number of benzene rings is 2. The standard InChI is InChI=1S/C26H37FN4O4S/c1-7-20(4)28-26(33)24(8-2)30(17-21-12-10-9-11-19(21)3)25(32)18-31(36(34,35)29(5)6)23-15-13-22(27)14-16-23/h9-16,20,24H,7-8,17-18H2,1-6H3,(H,28,33)/t20-,24+/m0/s1. The molecule has 0 aromatic heterocycles. The van der Waals surface area contributed by atoms with Crippen LogP contribution in [0, 0.1) is 12.7 Å². The molecule has 0 radical (unpaired) electrons. The Morgan fingerprint density at radius 3 is 2.14 bits per heavy atom. The molecule has 198 valence electrons. The predicted octanol–water partition coefficient (Wildman–Crippen LogP) is 3.47. The third kappa shape index (κ3) is 7.27. The average Bonchev–Trinajstić information content (AvgIpc) is 2.83. The van der Waals surface area contributed by atoms with Crippen molar-refractivity contribution in [1.82, 2.24) is 14.5 Å². The van der Waals surface area contributed by atoms with Gasteiger partial charge in [0.05, 0.1) is 5.69 Å². The van der Waals surface area contributed by atoms with Gasteiger partial charge in [-0.1, -0.05) is 38.1 Å². The van der Waals surface area contributed by atoms with E-state index in [1.165, 1.54) is 31.1 Å². The Labute approximate surface area is 214 Å². The molecule has 0 spiro atoms. The van der Waals surface area contributed by atoms with Gasteiger partial charge < -0.3 is 10.2 Å². The Hall–Kier alpha value is -2.98. The molecule has 0 unspecified atom stereocenters. The average molecular weight is 521 g/mol. The fraction of sp³-hybridized carbons (Fsp3) is 0.462. The molecular formula is C26H37FN4O4S. The zero-order valence-electron chi connectivity index (χ0n) is 21.9. The number of carbonyl (C=O) groups excluding carboxylic acids is 2. The lowest BCUT2D eigenvalue weighted by Gasteiger charge is -2.34. The fourth-order valence-corrected chi connectivity index (χ4v) is 4.71. The van der Waals surface area contributed by atoms with Gasteiger partial charge in [0.25, 0.3) is 0 Å². The molecule has 0 fully saturated rings. The van der Waals surface area contributed by atoms with Gasteiger partial charge in [-0.25, -0.2) is 8.70 Å². The maximum Gasteiger partial charge on any atom is 0.304 e. The van der Waals surface area contributed by atoms with Crippen molar-refractivity contribution in [2.45, 2.75) is 59.2 Å². The minimum atomic E-state index is -4.09. The first-order valence-corrected chi connectivity index (χ1v) is 13.4. The molecule has 0 aliphatic rings. The Morgan fingerprint density at radius 2 is 1.61 bits per heavy atom. The predicted molar refractivity (Wildman–Crippen MR) is 140 cm³/mol. The number of hydrogen-bond acceptors (Lipinski definition) is 4. The van der Waals surface area contributed by atoms with Crippen molar-refractivity contribution in [3.63, 3.8) is 0 Å². The number of nitrogens with zero attached hydrogens (tertiary/aromatic N) is 3. The highest BCUT2D eigenvalue weighted by Crippen LogP contribution is 2.22. The van der Waals surface area contributed by atoms with Gasteiger partial charge in [0, 0.05) is 26.7 Å². The van der Waals surface area contributed by atoms with Crippen molar-refractivity contribution in [2.24, 2.45) is 0 Å². The summed E-state index contributed by atoms with van der Waals surface area (Å²) >= 11 is 0. The zero-order chi connectivity index (χ0) is 27.0. The van der Waals surface area contributed by atoms with Crippen LogP contribution in [0.25, 0.3) is 0 Å². The zero-order valence-corrected chi connectivity index (χ0v) is 22.7. The van der Waals surface area contributed by atoms with E-state index in [0.29, 0.717) is 6.42 Å². The molecule has 0 aliphatic carbocycles. The highest BCUT2D eigenvalue weighted by molar-refractivity contribution is 7.90. The van der Waals surface area contributed by atoms with Crippen molar-refractivity contribution in [1.29, 1.82) is 0 Å². The summed E-state index contributed by atoms with van der Waals surface area (Å²) in [5.74, 6) is -1.36. The lowest BCUT2D eigenvalue weighted by Crippen LogP contribution is -2.54.